The summed E-state index contributed by atoms with van der Waals surface area (Å²) in [5.74, 6) is 0.0837. The van der Waals surface area contributed by atoms with Crippen LogP contribution in [-0.2, 0) is 14.3 Å². The summed E-state index contributed by atoms with van der Waals surface area (Å²) in [6, 6.07) is 0. The highest BCUT2D eigenvalue weighted by Crippen LogP contribution is 2.50. The number of nitrogens with zero attached hydrogens (tertiary/aromatic N) is 1. The Hall–Kier alpha value is -0.610. The number of cyclic esters (lactones) is 1. The van der Waals surface area contributed by atoms with Crippen molar-refractivity contribution in [2.75, 3.05) is 32.8 Å². The molecule has 2 spiro atoms. The lowest BCUT2D eigenvalue weighted by molar-refractivity contribution is -0.152. The molecule has 2 heterocycles. The van der Waals surface area contributed by atoms with Gasteiger partial charge in [0.25, 0.3) is 0 Å². The molecule has 0 aromatic carbocycles. The van der Waals surface area contributed by atoms with Crippen LogP contribution >= 0.6 is 0 Å². The van der Waals surface area contributed by atoms with Crippen molar-refractivity contribution in [2.45, 2.75) is 57.5 Å². The first kappa shape index (κ1) is 14.0. The Morgan fingerprint density at radius 3 is 2.62 bits per heavy atom. The fourth-order valence-electron chi connectivity index (χ4n) is 4.90. The van der Waals surface area contributed by atoms with E-state index in [4.69, 9.17) is 9.47 Å². The van der Waals surface area contributed by atoms with E-state index in [1.165, 1.54) is 32.1 Å². The van der Waals surface area contributed by atoms with Gasteiger partial charge >= 0.3 is 5.97 Å². The van der Waals surface area contributed by atoms with Crippen molar-refractivity contribution in [1.82, 2.24) is 4.90 Å². The molecule has 0 N–H and O–H groups in total. The molecule has 0 bridgehead atoms. The predicted octanol–water partition coefficient (Wildman–Crippen LogP) is 2.36. The van der Waals surface area contributed by atoms with E-state index in [1.54, 1.807) is 0 Å². The zero-order valence-corrected chi connectivity index (χ0v) is 12.9. The summed E-state index contributed by atoms with van der Waals surface area (Å²) >= 11 is 0. The second-order valence-corrected chi connectivity index (χ2v) is 7.86. The molecule has 2 saturated heterocycles. The predicted molar refractivity (Wildman–Crippen MR) is 78.9 cm³/mol. The molecular weight excluding hydrogens is 266 g/mol. The van der Waals surface area contributed by atoms with Gasteiger partial charge in [-0.2, -0.15) is 0 Å². The summed E-state index contributed by atoms with van der Waals surface area (Å²) in [7, 11) is 0. The van der Waals surface area contributed by atoms with E-state index in [0.717, 1.165) is 52.1 Å². The lowest BCUT2D eigenvalue weighted by atomic mass is 9.67. The largest absolute Gasteiger partial charge is 0.461 e. The average molecular weight is 293 g/mol. The van der Waals surface area contributed by atoms with Gasteiger partial charge in [0, 0.05) is 31.5 Å². The van der Waals surface area contributed by atoms with E-state index in [1.807, 2.05) is 0 Å². The van der Waals surface area contributed by atoms with Crippen molar-refractivity contribution in [2.24, 2.45) is 10.8 Å². The first-order valence-corrected chi connectivity index (χ1v) is 8.71. The van der Waals surface area contributed by atoms with Gasteiger partial charge in [-0.15, -0.1) is 0 Å². The van der Waals surface area contributed by atoms with E-state index in [9.17, 15) is 4.79 Å². The molecule has 4 heteroatoms. The second-order valence-electron chi connectivity index (χ2n) is 7.86. The number of hydrogen-bond donors (Lipinski definition) is 0. The molecule has 2 saturated carbocycles. The third-order valence-corrected chi connectivity index (χ3v) is 6.28. The second kappa shape index (κ2) is 5.24. The normalized spacial score (nSPS) is 34.9. The third-order valence-electron chi connectivity index (χ3n) is 6.28. The fourth-order valence-corrected chi connectivity index (χ4v) is 4.90. The van der Waals surface area contributed by atoms with Crippen LogP contribution in [0.3, 0.4) is 0 Å². The van der Waals surface area contributed by atoms with Crippen molar-refractivity contribution < 1.29 is 14.3 Å². The van der Waals surface area contributed by atoms with Crippen LogP contribution in [0.25, 0.3) is 0 Å². The Balaban J connectivity index is 1.38. The maximum absolute atomic E-state index is 12.1. The van der Waals surface area contributed by atoms with E-state index in [-0.39, 0.29) is 17.5 Å². The molecule has 21 heavy (non-hydrogen) atoms. The SMILES string of the molecule is O=C1OC(CN2CCOCC3(CCCC3)C2)CC12CCC2. The number of esters is 1. The van der Waals surface area contributed by atoms with Crippen LogP contribution in [-0.4, -0.2) is 49.8 Å². The summed E-state index contributed by atoms with van der Waals surface area (Å²) in [6.45, 7) is 4.79. The molecule has 0 aromatic heterocycles. The Kier molecular flexibility index (Phi) is 3.49. The molecule has 1 atom stereocenters. The van der Waals surface area contributed by atoms with Crippen molar-refractivity contribution >= 4 is 5.97 Å². The van der Waals surface area contributed by atoms with Crippen molar-refractivity contribution in [3.05, 3.63) is 0 Å². The summed E-state index contributed by atoms with van der Waals surface area (Å²) in [5.41, 5.74) is 0.297. The van der Waals surface area contributed by atoms with Crippen LogP contribution in [0.2, 0.25) is 0 Å². The molecule has 4 rings (SSSR count). The van der Waals surface area contributed by atoms with Crippen LogP contribution in [0.15, 0.2) is 0 Å². The number of ether oxygens (including phenoxy) is 2. The summed E-state index contributed by atoms with van der Waals surface area (Å²) < 4.78 is 11.6. The Labute approximate surface area is 127 Å². The number of carbonyl (C=O) groups excluding carboxylic acids is 1. The maximum Gasteiger partial charge on any atom is 0.312 e. The summed E-state index contributed by atoms with van der Waals surface area (Å²) in [4.78, 5) is 14.6. The number of carbonyl (C=O) groups is 1. The molecule has 2 aliphatic carbocycles. The molecule has 0 aromatic rings. The zero-order chi connectivity index (χ0) is 14.3. The van der Waals surface area contributed by atoms with Crippen molar-refractivity contribution in [3.63, 3.8) is 0 Å². The van der Waals surface area contributed by atoms with Crippen molar-refractivity contribution in [1.29, 1.82) is 0 Å². The molecule has 118 valence electrons. The van der Waals surface area contributed by atoms with Crippen LogP contribution < -0.4 is 0 Å². The first-order chi connectivity index (χ1) is 10.2. The zero-order valence-electron chi connectivity index (χ0n) is 12.9. The molecule has 4 nitrogen and oxygen atoms in total. The highest BCUT2D eigenvalue weighted by Gasteiger charge is 2.53. The maximum atomic E-state index is 12.1. The molecule has 1 unspecified atom stereocenters. The number of hydrogen-bond acceptors (Lipinski definition) is 4. The topological polar surface area (TPSA) is 38.8 Å². The van der Waals surface area contributed by atoms with Gasteiger partial charge in [0.05, 0.1) is 18.6 Å². The van der Waals surface area contributed by atoms with Gasteiger partial charge in [0.2, 0.25) is 0 Å². The van der Waals surface area contributed by atoms with Gasteiger partial charge in [-0.25, -0.2) is 0 Å². The van der Waals surface area contributed by atoms with Crippen LogP contribution in [0, 0.1) is 10.8 Å². The van der Waals surface area contributed by atoms with Crippen LogP contribution in [0.5, 0.6) is 0 Å². The standard InChI is InChI=1S/C17H27NO3/c19-15-17(6-3-7-17)10-14(21-15)11-18-8-9-20-13-16(12-18)4-1-2-5-16/h14H,1-13H2. The van der Waals surface area contributed by atoms with E-state index in [0.29, 0.717) is 5.41 Å². The monoisotopic (exact) mass is 293 g/mol. The molecule has 0 radical (unpaired) electrons. The van der Waals surface area contributed by atoms with Crippen molar-refractivity contribution in [3.8, 4) is 0 Å². The molecule has 4 aliphatic rings. The fraction of sp³-hybridized carbons (Fsp3) is 0.941. The Morgan fingerprint density at radius 1 is 1.14 bits per heavy atom. The minimum atomic E-state index is -0.0853. The highest BCUT2D eigenvalue weighted by atomic mass is 16.6. The quantitative estimate of drug-likeness (QED) is 0.733. The van der Waals surface area contributed by atoms with Gasteiger partial charge < -0.3 is 9.47 Å². The van der Waals surface area contributed by atoms with E-state index >= 15 is 0 Å². The minimum Gasteiger partial charge on any atom is -0.461 e. The molecule has 2 aliphatic heterocycles. The van der Waals surface area contributed by atoms with Gasteiger partial charge in [0.1, 0.15) is 6.10 Å². The van der Waals surface area contributed by atoms with E-state index < -0.39 is 0 Å². The summed E-state index contributed by atoms with van der Waals surface area (Å²) in [5, 5.41) is 0. The van der Waals surface area contributed by atoms with Crippen LogP contribution in [0.1, 0.15) is 51.4 Å². The highest BCUT2D eigenvalue weighted by molar-refractivity contribution is 5.80. The van der Waals surface area contributed by atoms with Crippen LogP contribution in [0.4, 0.5) is 0 Å². The first-order valence-electron chi connectivity index (χ1n) is 8.71. The Morgan fingerprint density at radius 2 is 1.95 bits per heavy atom. The lowest BCUT2D eigenvalue weighted by Gasteiger charge is -2.34. The average Bonchev–Trinajstić information content (AvgIpc) is 2.92. The lowest BCUT2D eigenvalue weighted by Crippen LogP contribution is -2.41. The van der Waals surface area contributed by atoms with Gasteiger partial charge in [-0.05, 0) is 25.7 Å². The molecule has 4 fully saturated rings. The smallest absolute Gasteiger partial charge is 0.312 e. The Bertz CT molecular complexity index is 412. The number of rotatable bonds is 2. The molecular formula is C17H27NO3. The van der Waals surface area contributed by atoms with Gasteiger partial charge in [-0.1, -0.05) is 19.3 Å². The third kappa shape index (κ3) is 2.50. The summed E-state index contributed by atoms with van der Waals surface area (Å²) in [6.07, 6.45) is 9.67. The van der Waals surface area contributed by atoms with Gasteiger partial charge in [-0.3, -0.25) is 9.69 Å². The van der Waals surface area contributed by atoms with E-state index in [2.05, 4.69) is 4.90 Å². The molecule has 0 amide bonds. The van der Waals surface area contributed by atoms with Gasteiger partial charge in [0.15, 0.2) is 0 Å². The minimum absolute atomic E-state index is 0.0837.